The van der Waals surface area contributed by atoms with Crippen LogP contribution in [-0.4, -0.2) is 23.0 Å². The van der Waals surface area contributed by atoms with Crippen LogP contribution >= 0.6 is 0 Å². The third-order valence-electron chi connectivity index (χ3n) is 3.05. The molecule has 0 fully saturated rings. The van der Waals surface area contributed by atoms with Crippen molar-refractivity contribution in [1.82, 2.24) is 0 Å². The first-order chi connectivity index (χ1) is 11.0. The summed E-state index contributed by atoms with van der Waals surface area (Å²) in [4.78, 5) is 12.2. The largest absolute Gasteiger partial charge is 0.491 e. The highest BCUT2D eigenvalue weighted by Crippen LogP contribution is 2.21. The zero-order chi connectivity index (χ0) is 16.8. The molecule has 0 heterocycles. The van der Waals surface area contributed by atoms with Crippen molar-refractivity contribution in [2.24, 2.45) is 0 Å². The lowest BCUT2D eigenvalue weighted by molar-refractivity contribution is 0.102. The van der Waals surface area contributed by atoms with Crippen LogP contribution in [0.3, 0.4) is 0 Å². The van der Waals surface area contributed by atoms with Gasteiger partial charge in [-0.1, -0.05) is 12.1 Å². The molecule has 0 bridgehead atoms. The normalized spacial score (nSPS) is 11.8. The number of nitrogens with one attached hydrogen (secondary N) is 1. The molecule has 2 rings (SSSR count). The second-order valence-corrected chi connectivity index (χ2v) is 6.39. The van der Waals surface area contributed by atoms with Crippen LogP contribution in [-0.2, 0) is 16.6 Å². The quantitative estimate of drug-likeness (QED) is 0.881. The highest BCUT2D eigenvalue weighted by Gasteiger charge is 2.10. The van der Waals surface area contributed by atoms with Crippen molar-refractivity contribution in [2.45, 2.75) is 12.7 Å². The summed E-state index contributed by atoms with van der Waals surface area (Å²) in [6.45, 7) is 2.14. The number of benzene rings is 2. The van der Waals surface area contributed by atoms with E-state index in [9.17, 15) is 13.4 Å². The smallest absolute Gasteiger partial charge is 0.255 e. The van der Waals surface area contributed by atoms with Gasteiger partial charge in [0.25, 0.3) is 5.91 Å². The predicted octanol–water partition coefficient (Wildman–Crippen LogP) is 3.36. The second-order valence-electron chi connectivity index (χ2n) is 4.95. The van der Waals surface area contributed by atoms with Gasteiger partial charge in [-0.3, -0.25) is 9.00 Å². The van der Waals surface area contributed by atoms with Gasteiger partial charge in [0, 0.05) is 40.1 Å². The van der Waals surface area contributed by atoms with Gasteiger partial charge < -0.3 is 10.1 Å². The monoisotopic (exact) mass is 335 g/mol. The Hall–Kier alpha value is -2.21. The number of carbonyl (C=O) groups is 1. The van der Waals surface area contributed by atoms with Gasteiger partial charge >= 0.3 is 0 Å². The Bertz CT molecular complexity index is 734. The molecule has 0 aliphatic heterocycles. The topological polar surface area (TPSA) is 55.4 Å². The van der Waals surface area contributed by atoms with Gasteiger partial charge in [0.05, 0.1) is 6.61 Å². The van der Waals surface area contributed by atoms with E-state index in [-0.39, 0.29) is 11.7 Å². The molecule has 23 heavy (non-hydrogen) atoms. The van der Waals surface area contributed by atoms with Crippen molar-refractivity contribution in [2.75, 3.05) is 18.2 Å². The Morgan fingerprint density at radius 3 is 2.70 bits per heavy atom. The number of hydrogen-bond acceptors (Lipinski definition) is 3. The van der Waals surface area contributed by atoms with Crippen LogP contribution in [0, 0.1) is 5.82 Å². The van der Waals surface area contributed by atoms with Gasteiger partial charge in [-0.2, -0.15) is 0 Å². The highest BCUT2D eigenvalue weighted by atomic mass is 32.2. The van der Waals surface area contributed by atoms with Gasteiger partial charge in [0.1, 0.15) is 0 Å². The molecule has 122 valence electrons. The van der Waals surface area contributed by atoms with E-state index in [0.717, 1.165) is 5.56 Å². The number of ether oxygens (including phenoxy) is 1. The fourth-order valence-corrected chi connectivity index (χ4v) is 2.74. The molecule has 0 aliphatic rings. The molecule has 2 aromatic carbocycles. The van der Waals surface area contributed by atoms with E-state index >= 15 is 0 Å². The van der Waals surface area contributed by atoms with Crippen LogP contribution in [0.1, 0.15) is 22.8 Å². The summed E-state index contributed by atoms with van der Waals surface area (Å²) in [5.74, 6) is -0.339. The van der Waals surface area contributed by atoms with E-state index in [4.69, 9.17) is 4.74 Å². The molecule has 0 saturated carbocycles. The van der Waals surface area contributed by atoms with E-state index in [0.29, 0.717) is 23.6 Å². The molecule has 0 aromatic heterocycles. The molecular weight excluding hydrogens is 317 g/mol. The summed E-state index contributed by atoms with van der Waals surface area (Å²) < 4.78 is 30.2. The molecule has 0 saturated heterocycles. The minimum atomic E-state index is -0.979. The van der Waals surface area contributed by atoms with Crippen molar-refractivity contribution < 1.29 is 18.1 Å². The summed E-state index contributed by atoms with van der Waals surface area (Å²) in [5, 5.41) is 2.64. The van der Waals surface area contributed by atoms with E-state index in [2.05, 4.69) is 5.32 Å². The summed E-state index contributed by atoms with van der Waals surface area (Å²) in [6.07, 6.45) is 1.61. The lowest BCUT2D eigenvalue weighted by Gasteiger charge is -2.09. The second kappa shape index (κ2) is 7.87. The van der Waals surface area contributed by atoms with Crippen LogP contribution in [0.25, 0.3) is 0 Å². The summed E-state index contributed by atoms with van der Waals surface area (Å²) in [6, 6.07) is 11.2. The third-order valence-corrected chi connectivity index (χ3v) is 3.79. The van der Waals surface area contributed by atoms with Crippen molar-refractivity contribution >= 4 is 22.4 Å². The Morgan fingerprint density at radius 2 is 2.04 bits per heavy atom. The fourth-order valence-electron chi connectivity index (χ4n) is 2.09. The number of anilines is 1. The molecule has 1 atom stereocenters. The number of amides is 1. The first kappa shape index (κ1) is 17.1. The fraction of sp³-hybridized carbons (Fsp3) is 0.235. The Morgan fingerprint density at radius 1 is 1.26 bits per heavy atom. The predicted molar refractivity (Wildman–Crippen MR) is 89.7 cm³/mol. The summed E-state index contributed by atoms with van der Waals surface area (Å²) in [5.41, 5.74) is 1.60. The average Bonchev–Trinajstić information content (AvgIpc) is 2.50. The number of rotatable bonds is 6. The summed E-state index contributed by atoms with van der Waals surface area (Å²) >= 11 is 0. The van der Waals surface area contributed by atoms with Crippen LogP contribution in [0.5, 0.6) is 5.75 Å². The minimum absolute atomic E-state index is 0.151. The molecule has 0 radical (unpaired) electrons. The average molecular weight is 335 g/mol. The van der Waals surface area contributed by atoms with Crippen molar-refractivity contribution in [1.29, 1.82) is 0 Å². The van der Waals surface area contributed by atoms with Crippen LogP contribution in [0.2, 0.25) is 0 Å². The maximum absolute atomic E-state index is 13.8. The lowest BCUT2D eigenvalue weighted by atomic mass is 10.1. The molecule has 4 nitrogen and oxygen atoms in total. The van der Waals surface area contributed by atoms with Crippen molar-refractivity contribution in [3.05, 3.63) is 59.4 Å². The lowest BCUT2D eigenvalue weighted by Crippen LogP contribution is -2.12. The standard InChI is InChI=1S/C17H18FNO3S/c1-3-22-16-8-7-14(10-15(16)18)19-17(20)13-6-4-5-12(9-13)11-23(2)21/h4-10H,3,11H2,1-2H3,(H,19,20)/t23-/m0/s1. The maximum atomic E-state index is 13.8. The zero-order valence-corrected chi connectivity index (χ0v) is 13.8. The number of halogens is 1. The summed E-state index contributed by atoms with van der Waals surface area (Å²) in [7, 11) is -0.979. The minimum Gasteiger partial charge on any atom is -0.491 e. The zero-order valence-electron chi connectivity index (χ0n) is 13.0. The molecule has 1 N–H and O–H groups in total. The Kier molecular flexibility index (Phi) is 5.87. The van der Waals surface area contributed by atoms with E-state index in [1.807, 2.05) is 6.07 Å². The van der Waals surface area contributed by atoms with Crippen LogP contribution in [0.4, 0.5) is 10.1 Å². The molecule has 0 spiro atoms. The van der Waals surface area contributed by atoms with Gasteiger partial charge in [0.15, 0.2) is 11.6 Å². The first-order valence-corrected chi connectivity index (χ1v) is 8.85. The third kappa shape index (κ3) is 4.89. The molecule has 0 unspecified atom stereocenters. The molecule has 6 heteroatoms. The van der Waals surface area contributed by atoms with Crippen molar-refractivity contribution in [3.63, 3.8) is 0 Å². The van der Waals surface area contributed by atoms with Gasteiger partial charge in [-0.25, -0.2) is 4.39 Å². The number of hydrogen-bond donors (Lipinski definition) is 1. The van der Waals surface area contributed by atoms with E-state index in [1.165, 1.54) is 12.1 Å². The van der Waals surface area contributed by atoms with Gasteiger partial charge in [0.2, 0.25) is 0 Å². The van der Waals surface area contributed by atoms with Gasteiger partial charge in [-0.15, -0.1) is 0 Å². The maximum Gasteiger partial charge on any atom is 0.255 e. The van der Waals surface area contributed by atoms with Crippen molar-refractivity contribution in [3.8, 4) is 5.75 Å². The Balaban J connectivity index is 2.12. The highest BCUT2D eigenvalue weighted by molar-refractivity contribution is 7.83. The van der Waals surface area contributed by atoms with E-state index in [1.54, 1.807) is 37.4 Å². The van der Waals surface area contributed by atoms with Crippen LogP contribution in [0.15, 0.2) is 42.5 Å². The number of carbonyl (C=O) groups excluding carboxylic acids is 1. The molecule has 0 aliphatic carbocycles. The SMILES string of the molecule is CCOc1ccc(NC(=O)c2cccc(C[S@](C)=O)c2)cc1F. The molecule has 1 amide bonds. The first-order valence-electron chi connectivity index (χ1n) is 7.12. The molecule has 2 aromatic rings. The molecular formula is C17H18FNO3S. The Labute approximate surface area is 137 Å². The van der Waals surface area contributed by atoms with E-state index < -0.39 is 16.6 Å². The van der Waals surface area contributed by atoms with Gasteiger partial charge in [-0.05, 0) is 36.8 Å². The van der Waals surface area contributed by atoms with Crippen LogP contribution < -0.4 is 10.1 Å².